The van der Waals surface area contributed by atoms with Gasteiger partial charge < -0.3 is 5.32 Å². The lowest BCUT2D eigenvalue weighted by Gasteiger charge is -2.05. The molecule has 0 saturated heterocycles. The normalized spacial score (nSPS) is 10.5. The van der Waals surface area contributed by atoms with Crippen LogP contribution in [0.4, 0.5) is 5.82 Å². The van der Waals surface area contributed by atoms with Crippen molar-refractivity contribution in [3.8, 4) is 0 Å². The highest BCUT2D eigenvalue weighted by Crippen LogP contribution is 2.09. The van der Waals surface area contributed by atoms with E-state index in [1.165, 1.54) is 5.56 Å². The molecule has 19 heavy (non-hydrogen) atoms. The summed E-state index contributed by atoms with van der Waals surface area (Å²) in [5.41, 5.74) is 2.80. The van der Waals surface area contributed by atoms with Crippen LogP contribution in [0, 0.1) is 0 Å². The summed E-state index contributed by atoms with van der Waals surface area (Å²) in [4.78, 5) is 12.9. The van der Waals surface area contributed by atoms with Gasteiger partial charge in [-0.05, 0) is 24.1 Å². The molecule has 94 valence electrons. The molecule has 0 aliphatic rings. The van der Waals surface area contributed by atoms with Gasteiger partial charge in [0.15, 0.2) is 5.65 Å². The van der Waals surface area contributed by atoms with E-state index in [0.717, 1.165) is 24.3 Å². The fourth-order valence-electron chi connectivity index (χ4n) is 1.92. The molecule has 1 aromatic carbocycles. The molecule has 4 nitrogen and oxygen atoms in total. The van der Waals surface area contributed by atoms with E-state index >= 15 is 0 Å². The Morgan fingerprint density at radius 1 is 0.947 bits per heavy atom. The van der Waals surface area contributed by atoms with Gasteiger partial charge in [-0.2, -0.15) is 0 Å². The molecule has 0 saturated carbocycles. The first-order chi connectivity index (χ1) is 9.42. The van der Waals surface area contributed by atoms with E-state index < -0.39 is 0 Å². The van der Waals surface area contributed by atoms with Crippen molar-refractivity contribution >= 4 is 17.0 Å². The Labute approximate surface area is 111 Å². The summed E-state index contributed by atoms with van der Waals surface area (Å²) in [6.07, 6.45) is 4.41. The minimum Gasteiger partial charge on any atom is -0.368 e. The van der Waals surface area contributed by atoms with Gasteiger partial charge in [0.05, 0.1) is 6.20 Å². The van der Waals surface area contributed by atoms with Crippen LogP contribution < -0.4 is 5.32 Å². The summed E-state index contributed by atoms with van der Waals surface area (Å²) >= 11 is 0. The molecule has 0 unspecified atom stereocenters. The Bertz CT molecular complexity index is 667. The van der Waals surface area contributed by atoms with Crippen LogP contribution in [-0.4, -0.2) is 21.5 Å². The van der Waals surface area contributed by atoms with Crippen molar-refractivity contribution in [2.24, 2.45) is 0 Å². The van der Waals surface area contributed by atoms with Crippen molar-refractivity contribution in [1.82, 2.24) is 15.0 Å². The summed E-state index contributed by atoms with van der Waals surface area (Å²) in [5.74, 6) is 0.788. The lowest BCUT2D eigenvalue weighted by Crippen LogP contribution is -2.06. The maximum Gasteiger partial charge on any atom is 0.178 e. The van der Waals surface area contributed by atoms with E-state index in [9.17, 15) is 0 Å². The number of fused-ring (bicyclic) bond motifs is 1. The molecule has 2 heterocycles. The van der Waals surface area contributed by atoms with Crippen molar-refractivity contribution in [3.05, 3.63) is 60.4 Å². The molecule has 0 spiro atoms. The fraction of sp³-hybridized carbons (Fsp3) is 0.133. The average molecular weight is 250 g/mol. The number of nitrogens with zero attached hydrogens (tertiary/aromatic N) is 3. The molecule has 1 N–H and O–H groups in total. The third-order valence-electron chi connectivity index (χ3n) is 2.88. The molecule has 0 radical (unpaired) electrons. The smallest absolute Gasteiger partial charge is 0.178 e. The molecule has 0 atom stereocenters. The molecule has 3 aromatic rings. The van der Waals surface area contributed by atoms with Crippen molar-refractivity contribution < 1.29 is 0 Å². The Kier molecular flexibility index (Phi) is 3.32. The van der Waals surface area contributed by atoms with E-state index in [4.69, 9.17) is 0 Å². The van der Waals surface area contributed by atoms with Gasteiger partial charge in [0, 0.05) is 12.7 Å². The molecular formula is C15H14N4. The van der Waals surface area contributed by atoms with E-state index in [0.29, 0.717) is 5.65 Å². The van der Waals surface area contributed by atoms with Crippen LogP contribution in [0.2, 0.25) is 0 Å². The monoisotopic (exact) mass is 250 g/mol. The van der Waals surface area contributed by atoms with Gasteiger partial charge in [0.1, 0.15) is 11.3 Å². The van der Waals surface area contributed by atoms with Gasteiger partial charge in [0.2, 0.25) is 0 Å². The second-order valence-electron chi connectivity index (χ2n) is 4.26. The molecule has 0 fully saturated rings. The molecule has 4 heteroatoms. The quantitative estimate of drug-likeness (QED) is 0.773. The zero-order chi connectivity index (χ0) is 12.9. The van der Waals surface area contributed by atoms with Crippen LogP contribution >= 0.6 is 0 Å². The van der Waals surface area contributed by atoms with Gasteiger partial charge in [-0.1, -0.05) is 30.3 Å². The topological polar surface area (TPSA) is 50.7 Å². The number of aromatic nitrogens is 3. The molecule has 0 aliphatic carbocycles. The third kappa shape index (κ3) is 2.85. The lowest BCUT2D eigenvalue weighted by atomic mass is 10.1. The highest BCUT2D eigenvalue weighted by atomic mass is 15.0. The Hall–Kier alpha value is -2.49. The average Bonchev–Trinajstić information content (AvgIpc) is 2.48. The molecule has 0 amide bonds. The second-order valence-corrected chi connectivity index (χ2v) is 4.26. The molecular weight excluding hydrogens is 236 g/mol. The predicted molar refractivity (Wildman–Crippen MR) is 76.0 cm³/mol. The Balaban J connectivity index is 1.65. The summed E-state index contributed by atoms with van der Waals surface area (Å²) in [7, 11) is 0. The number of pyridine rings is 1. The molecule has 0 aliphatic heterocycles. The SMILES string of the molecule is c1ccc(CCNc2cnc3ncccc3n2)cc1. The predicted octanol–water partition coefficient (Wildman–Crippen LogP) is 2.68. The number of benzene rings is 1. The van der Waals surface area contributed by atoms with Crippen LogP contribution in [0.5, 0.6) is 0 Å². The van der Waals surface area contributed by atoms with Crippen molar-refractivity contribution in [3.63, 3.8) is 0 Å². The molecule has 2 aromatic heterocycles. The number of hydrogen-bond donors (Lipinski definition) is 1. The zero-order valence-corrected chi connectivity index (χ0v) is 10.5. The second kappa shape index (κ2) is 5.44. The van der Waals surface area contributed by atoms with Crippen LogP contribution in [0.3, 0.4) is 0 Å². The summed E-state index contributed by atoms with van der Waals surface area (Å²) in [5, 5.41) is 3.28. The minimum absolute atomic E-state index is 0.677. The summed E-state index contributed by atoms with van der Waals surface area (Å²) in [6, 6.07) is 14.2. The van der Waals surface area contributed by atoms with Crippen LogP contribution in [-0.2, 0) is 6.42 Å². The first-order valence-corrected chi connectivity index (χ1v) is 6.27. The maximum absolute atomic E-state index is 4.47. The van der Waals surface area contributed by atoms with E-state index in [2.05, 4.69) is 44.5 Å². The Morgan fingerprint density at radius 3 is 2.74 bits per heavy atom. The molecule has 0 bridgehead atoms. The van der Waals surface area contributed by atoms with Crippen molar-refractivity contribution in [1.29, 1.82) is 0 Å². The minimum atomic E-state index is 0.677. The van der Waals surface area contributed by atoms with E-state index in [1.54, 1.807) is 12.4 Å². The first kappa shape index (κ1) is 11.6. The van der Waals surface area contributed by atoms with E-state index in [1.807, 2.05) is 18.2 Å². The number of nitrogens with one attached hydrogen (secondary N) is 1. The van der Waals surface area contributed by atoms with Gasteiger partial charge in [0.25, 0.3) is 0 Å². The molecule has 3 rings (SSSR count). The highest BCUT2D eigenvalue weighted by molar-refractivity contribution is 5.70. The number of hydrogen-bond acceptors (Lipinski definition) is 4. The van der Waals surface area contributed by atoms with Gasteiger partial charge in [-0.3, -0.25) is 0 Å². The largest absolute Gasteiger partial charge is 0.368 e. The van der Waals surface area contributed by atoms with E-state index in [-0.39, 0.29) is 0 Å². The van der Waals surface area contributed by atoms with Crippen LogP contribution in [0.25, 0.3) is 11.2 Å². The summed E-state index contributed by atoms with van der Waals surface area (Å²) in [6.45, 7) is 0.838. The first-order valence-electron chi connectivity index (χ1n) is 6.27. The van der Waals surface area contributed by atoms with Gasteiger partial charge in [-0.15, -0.1) is 0 Å². The number of anilines is 1. The van der Waals surface area contributed by atoms with Crippen LogP contribution in [0.15, 0.2) is 54.9 Å². The standard InChI is InChI=1S/C15H14N4/c1-2-5-12(6-3-1)8-10-16-14-11-18-15-13(19-14)7-4-9-17-15/h1-7,9,11H,8,10H2,(H,16,19). The van der Waals surface area contributed by atoms with Crippen LogP contribution in [0.1, 0.15) is 5.56 Å². The lowest BCUT2D eigenvalue weighted by molar-refractivity contribution is 1.00. The van der Waals surface area contributed by atoms with Gasteiger partial charge in [-0.25, -0.2) is 15.0 Å². The fourth-order valence-corrected chi connectivity index (χ4v) is 1.92. The summed E-state index contributed by atoms with van der Waals surface area (Å²) < 4.78 is 0. The van der Waals surface area contributed by atoms with Crippen molar-refractivity contribution in [2.45, 2.75) is 6.42 Å². The van der Waals surface area contributed by atoms with Crippen molar-refractivity contribution in [2.75, 3.05) is 11.9 Å². The van der Waals surface area contributed by atoms with Gasteiger partial charge >= 0.3 is 0 Å². The number of rotatable bonds is 4. The zero-order valence-electron chi connectivity index (χ0n) is 10.5. The highest BCUT2D eigenvalue weighted by Gasteiger charge is 1.99. The third-order valence-corrected chi connectivity index (χ3v) is 2.88. The maximum atomic E-state index is 4.47. The Morgan fingerprint density at radius 2 is 1.84 bits per heavy atom.